The van der Waals surface area contributed by atoms with Gasteiger partial charge in [0, 0.05) is 44.2 Å². The predicted molar refractivity (Wildman–Crippen MR) is 103 cm³/mol. The van der Waals surface area contributed by atoms with Crippen LogP contribution in [-0.4, -0.2) is 45.2 Å². The maximum absolute atomic E-state index is 11.6. The van der Waals surface area contributed by atoms with E-state index in [0.717, 1.165) is 31.7 Å². The monoisotopic (exact) mass is 358 g/mol. The lowest BCUT2D eigenvalue weighted by atomic mass is 10.1. The number of anilines is 1. The molecule has 0 amide bonds. The van der Waals surface area contributed by atoms with Gasteiger partial charge in [0.05, 0.1) is 4.90 Å². The molecule has 2 aromatic rings. The number of sulfone groups is 1. The van der Waals surface area contributed by atoms with E-state index in [1.807, 2.05) is 12.1 Å². The summed E-state index contributed by atoms with van der Waals surface area (Å²) in [7, 11) is -3.13. The highest BCUT2D eigenvalue weighted by molar-refractivity contribution is 7.90. The van der Waals surface area contributed by atoms with Crippen molar-refractivity contribution in [2.24, 2.45) is 0 Å². The summed E-state index contributed by atoms with van der Waals surface area (Å²) in [6.45, 7) is 8.30. The molecule has 0 aromatic heterocycles. The van der Waals surface area contributed by atoms with Crippen molar-refractivity contribution in [1.82, 2.24) is 4.90 Å². The zero-order valence-electron chi connectivity index (χ0n) is 15.1. The third-order valence-electron chi connectivity index (χ3n) is 4.96. The highest BCUT2D eigenvalue weighted by atomic mass is 32.2. The topological polar surface area (TPSA) is 40.6 Å². The second-order valence-corrected chi connectivity index (χ2v) is 8.98. The van der Waals surface area contributed by atoms with Gasteiger partial charge in [-0.05, 0) is 43.2 Å². The van der Waals surface area contributed by atoms with Crippen molar-refractivity contribution in [3.8, 4) is 0 Å². The molecule has 0 unspecified atom stereocenters. The van der Waals surface area contributed by atoms with Gasteiger partial charge in [-0.25, -0.2) is 8.42 Å². The molecule has 0 radical (unpaired) electrons. The van der Waals surface area contributed by atoms with Gasteiger partial charge in [-0.3, -0.25) is 4.90 Å². The van der Waals surface area contributed by atoms with Crippen LogP contribution in [-0.2, 0) is 16.4 Å². The van der Waals surface area contributed by atoms with E-state index in [1.165, 1.54) is 17.5 Å². The van der Waals surface area contributed by atoms with E-state index in [0.29, 0.717) is 10.9 Å². The van der Waals surface area contributed by atoms with E-state index in [4.69, 9.17) is 0 Å². The summed E-state index contributed by atoms with van der Waals surface area (Å²) in [6.07, 6.45) is 1.24. The Bertz CT molecular complexity index is 831. The third-order valence-corrected chi connectivity index (χ3v) is 6.09. The zero-order valence-corrected chi connectivity index (χ0v) is 16.0. The van der Waals surface area contributed by atoms with Crippen LogP contribution in [0.5, 0.6) is 0 Å². The molecule has 4 nitrogen and oxygen atoms in total. The van der Waals surface area contributed by atoms with Crippen molar-refractivity contribution in [1.29, 1.82) is 0 Å². The summed E-state index contributed by atoms with van der Waals surface area (Å²) in [5.74, 6) is 0. The van der Waals surface area contributed by atoms with Crippen molar-refractivity contribution in [3.63, 3.8) is 0 Å². The predicted octanol–water partition coefficient (Wildman–Crippen LogP) is 3.11. The lowest BCUT2D eigenvalue weighted by molar-refractivity contribution is 0.181. The number of hydrogen-bond acceptors (Lipinski definition) is 4. The first-order valence-electron chi connectivity index (χ1n) is 8.68. The van der Waals surface area contributed by atoms with Crippen LogP contribution in [0.25, 0.3) is 0 Å². The van der Waals surface area contributed by atoms with E-state index in [1.54, 1.807) is 12.1 Å². The molecule has 3 rings (SSSR count). The fraction of sp³-hybridized carbons (Fsp3) is 0.400. The molecule has 25 heavy (non-hydrogen) atoms. The molecular formula is C20H26N2O2S. The van der Waals surface area contributed by atoms with E-state index in [2.05, 4.69) is 47.9 Å². The smallest absolute Gasteiger partial charge is 0.175 e. The summed E-state index contributed by atoms with van der Waals surface area (Å²) in [4.78, 5) is 5.31. The minimum atomic E-state index is -3.13. The fourth-order valence-corrected chi connectivity index (χ4v) is 4.07. The highest BCUT2D eigenvalue weighted by Crippen LogP contribution is 2.24. The molecule has 1 aliphatic rings. The van der Waals surface area contributed by atoms with Gasteiger partial charge in [0.2, 0.25) is 0 Å². The molecule has 1 heterocycles. The molecule has 0 spiro atoms. The van der Waals surface area contributed by atoms with Crippen LogP contribution in [0, 0.1) is 6.92 Å². The van der Waals surface area contributed by atoms with Crippen LogP contribution in [0.15, 0.2) is 53.4 Å². The Morgan fingerprint density at radius 2 is 1.72 bits per heavy atom. The Morgan fingerprint density at radius 3 is 2.32 bits per heavy atom. The van der Waals surface area contributed by atoms with Gasteiger partial charge in [0.15, 0.2) is 9.84 Å². The Kier molecular flexibility index (Phi) is 5.16. The number of rotatable bonds is 4. The zero-order chi connectivity index (χ0) is 18.0. The van der Waals surface area contributed by atoms with E-state index >= 15 is 0 Å². The molecule has 1 fully saturated rings. The number of para-hydroxylation sites is 1. The number of nitrogens with zero attached hydrogens (tertiary/aromatic N) is 2. The summed E-state index contributed by atoms with van der Waals surface area (Å²) in [5.41, 5.74) is 3.80. The third kappa shape index (κ3) is 4.22. The van der Waals surface area contributed by atoms with E-state index in [-0.39, 0.29) is 0 Å². The summed E-state index contributed by atoms with van der Waals surface area (Å²) in [6, 6.07) is 16.3. The van der Waals surface area contributed by atoms with Crippen LogP contribution >= 0.6 is 0 Å². The molecule has 0 saturated carbocycles. The van der Waals surface area contributed by atoms with Crippen molar-refractivity contribution in [2.45, 2.75) is 31.3 Å². The Morgan fingerprint density at radius 1 is 1.04 bits per heavy atom. The molecule has 2 aromatic carbocycles. The number of hydrogen-bond donors (Lipinski definition) is 0. The van der Waals surface area contributed by atoms with Crippen LogP contribution in [0.4, 0.5) is 5.69 Å². The highest BCUT2D eigenvalue weighted by Gasteiger charge is 2.24. The summed E-state index contributed by atoms with van der Waals surface area (Å²) >= 11 is 0. The van der Waals surface area contributed by atoms with Crippen LogP contribution in [0.1, 0.15) is 18.1 Å². The molecule has 0 aliphatic carbocycles. The van der Waals surface area contributed by atoms with Crippen molar-refractivity contribution < 1.29 is 8.42 Å². The van der Waals surface area contributed by atoms with Gasteiger partial charge >= 0.3 is 0 Å². The number of piperazine rings is 1. The molecule has 1 saturated heterocycles. The van der Waals surface area contributed by atoms with E-state index in [9.17, 15) is 8.42 Å². The van der Waals surface area contributed by atoms with Gasteiger partial charge < -0.3 is 4.90 Å². The van der Waals surface area contributed by atoms with Gasteiger partial charge in [0.25, 0.3) is 0 Å². The summed E-state index contributed by atoms with van der Waals surface area (Å²) < 4.78 is 23.1. The Hall–Kier alpha value is -1.85. The van der Waals surface area contributed by atoms with Gasteiger partial charge in [0.1, 0.15) is 0 Å². The average Bonchev–Trinajstić information content (AvgIpc) is 2.57. The normalized spacial score (nSPS) is 19.2. The van der Waals surface area contributed by atoms with Gasteiger partial charge in [-0.15, -0.1) is 0 Å². The second kappa shape index (κ2) is 7.18. The first-order chi connectivity index (χ1) is 11.8. The molecule has 0 bridgehead atoms. The molecule has 1 aliphatic heterocycles. The largest absolute Gasteiger partial charge is 0.368 e. The van der Waals surface area contributed by atoms with Crippen molar-refractivity contribution in [2.75, 3.05) is 30.8 Å². The maximum atomic E-state index is 11.6. The Balaban J connectivity index is 1.65. The lowest BCUT2D eigenvalue weighted by Crippen LogP contribution is -2.51. The second-order valence-electron chi connectivity index (χ2n) is 6.97. The van der Waals surface area contributed by atoms with Crippen LogP contribution < -0.4 is 4.90 Å². The number of aryl methyl sites for hydroxylation is 1. The molecule has 134 valence electrons. The minimum Gasteiger partial charge on any atom is -0.368 e. The van der Waals surface area contributed by atoms with Crippen LogP contribution in [0.3, 0.4) is 0 Å². The standard InChI is InChI=1S/C20H26N2O2S/c1-16-6-4-5-7-20(16)22-13-12-21(17(2)14-22)15-18-8-10-19(11-9-18)25(3,23)24/h4-11,17H,12-15H2,1-3H3/t17-/m0/s1. The molecular weight excluding hydrogens is 332 g/mol. The molecule has 5 heteroatoms. The average molecular weight is 359 g/mol. The Labute approximate surface area is 151 Å². The molecule has 1 atom stereocenters. The molecule has 0 N–H and O–H groups in total. The minimum absolute atomic E-state index is 0.383. The first-order valence-corrected chi connectivity index (χ1v) is 10.6. The fourth-order valence-electron chi connectivity index (χ4n) is 3.44. The van der Waals surface area contributed by atoms with Crippen molar-refractivity contribution in [3.05, 3.63) is 59.7 Å². The SMILES string of the molecule is Cc1ccccc1N1CCN(Cc2ccc(S(C)(=O)=O)cc2)[C@@H](C)C1. The maximum Gasteiger partial charge on any atom is 0.175 e. The van der Waals surface area contributed by atoms with Gasteiger partial charge in [-0.2, -0.15) is 0 Å². The number of benzene rings is 2. The van der Waals surface area contributed by atoms with Gasteiger partial charge in [-0.1, -0.05) is 30.3 Å². The quantitative estimate of drug-likeness (QED) is 0.842. The summed E-state index contributed by atoms with van der Waals surface area (Å²) in [5, 5.41) is 0. The van der Waals surface area contributed by atoms with Crippen LogP contribution in [0.2, 0.25) is 0 Å². The first kappa shape index (κ1) is 18.0. The van der Waals surface area contributed by atoms with Crippen molar-refractivity contribution >= 4 is 15.5 Å². The van der Waals surface area contributed by atoms with E-state index < -0.39 is 9.84 Å². The lowest BCUT2D eigenvalue weighted by Gasteiger charge is -2.41.